The van der Waals surface area contributed by atoms with Gasteiger partial charge in [0.15, 0.2) is 0 Å². The fourth-order valence-corrected chi connectivity index (χ4v) is 2.44. The second kappa shape index (κ2) is 4.61. The Balaban J connectivity index is 2.31. The molecule has 1 aliphatic rings. The molecule has 0 spiro atoms. The van der Waals surface area contributed by atoms with E-state index in [1.807, 2.05) is 0 Å². The Hall–Kier alpha value is -0.820. The standard InChI is InChI=1S/C13H19N/c14-10-12-8-3-1-2-6-11-7-4-5-9-13(11)12/h4-5,7,9,12H,1-3,6,8,10,14H2. The largest absolute Gasteiger partial charge is 0.330 e. The predicted octanol–water partition coefficient (Wildman–Crippen LogP) is 2.85. The maximum absolute atomic E-state index is 5.84. The average Bonchev–Trinajstić information content (AvgIpc) is 2.20. The fraction of sp³-hybridized carbons (Fsp3) is 0.538. The first kappa shape index (κ1) is 9.72. The Kier molecular flexibility index (Phi) is 3.20. The topological polar surface area (TPSA) is 26.0 Å². The van der Waals surface area contributed by atoms with E-state index in [0.717, 1.165) is 6.54 Å². The molecule has 0 fully saturated rings. The summed E-state index contributed by atoms with van der Waals surface area (Å²) in [6.07, 6.45) is 6.57. The van der Waals surface area contributed by atoms with Gasteiger partial charge in [-0.1, -0.05) is 37.1 Å². The van der Waals surface area contributed by atoms with E-state index in [9.17, 15) is 0 Å². The van der Waals surface area contributed by atoms with Gasteiger partial charge in [-0.25, -0.2) is 0 Å². The third-order valence-electron chi connectivity index (χ3n) is 3.28. The van der Waals surface area contributed by atoms with E-state index < -0.39 is 0 Å². The minimum atomic E-state index is 0.603. The molecule has 0 heterocycles. The van der Waals surface area contributed by atoms with Gasteiger partial charge in [0.1, 0.15) is 0 Å². The van der Waals surface area contributed by atoms with Crippen LogP contribution in [0.4, 0.5) is 0 Å². The molecule has 0 bridgehead atoms. The summed E-state index contributed by atoms with van der Waals surface area (Å²) in [6, 6.07) is 8.82. The van der Waals surface area contributed by atoms with Crippen molar-refractivity contribution < 1.29 is 0 Å². The summed E-state index contributed by atoms with van der Waals surface area (Å²) in [4.78, 5) is 0. The highest BCUT2D eigenvalue weighted by Gasteiger charge is 2.15. The predicted molar refractivity (Wildman–Crippen MR) is 60.4 cm³/mol. The van der Waals surface area contributed by atoms with E-state index in [0.29, 0.717) is 5.92 Å². The van der Waals surface area contributed by atoms with Crippen molar-refractivity contribution in [2.24, 2.45) is 5.73 Å². The van der Waals surface area contributed by atoms with E-state index in [-0.39, 0.29) is 0 Å². The van der Waals surface area contributed by atoms with Gasteiger partial charge in [0.2, 0.25) is 0 Å². The number of hydrogen-bond acceptors (Lipinski definition) is 1. The Bertz CT molecular complexity index is 293. The lowest BCUT2D eigenvalue weighted by Crippen LogP contribution is -2.15. The molecule has 1 aromatic rings. The molecule has 0 radical (unpaired) electrons. The Morgan fingerprint density at radius 3 is 2.86 bits per heavy atom. The SMILES string of the molecule is NCC1CCCCCc2ccccc21. The molecule has 1 aromatic carbocycles. The smallest absolute Gasteiger partial charge is 0.000813 e. The molecule has 1 heteroatoms. The normalized spacial score (nSPS) is 22.2. The van der Waals surface area contributed by atoms with Crippen LogP contribution in [0.3, 0.4) is 0 Å². The first-order valence-corrected chi connectivity index (χ1v) is 5.69. The van der Waals surface area contributed by atoms with Gasteiger partial charge in [0.25, 0.3) is 0 Å². The zero-order valence-electron chi connectivity index (χ0n) is 8.71. The molecule has 0 saturated carbocycles. The Morgan fingerprint density at radius 1 is 1.14 bits per heavy atom. The van der Waals surface area contributed by atoms with Crippen LogP contribution in [-0.4, -0.2) is 6.54 Å². The summed E-state index contributed by atoms with van der Waals surface area (Å²) in [5.74, 6) is 0.603. The minimum absolute atomic E-state index is 0.603. The van der Waals surface area contributed by atoms with Crippen molar-refractivity contribution in [1.82, 2.24) is 0 Å². The summed E-state index contributed by atoms with van der Waals surface area (Å²) in [5, 5.41) is 0. The van der Waals surface area contributed by atoms with E-state index >= 15 is 0 Å². The van der Waals surface area contributed by atoms with Gasteiger partial charge in [-0.15, -0.1) is 0 Å². The van der Waals surface area contributed by atoms with Crippen molar-refractivity contribution in [3.8, 4) is 0 Å². The molecular formula is C13H19N. The van der Waals surface area contributed by atoms with Gasteiger partial charge in [0.05, 0.1) is 0 Å². The minimum Gasteiger partial charge on any atom is -0.330 e. The number of nitrogens with two attached hydrogens (primary N) is 1. The quantitative estimate of drug-likeness (QED) is 0.722. The number of rotatable bonds is 1. The van der Waals surface area contributed by atoms with E-state index in [1.165, 1.54) is 43.2 Å². The second-order valence-electron chi connectivity index (χ2n) is 4.23. The summed E-state index contributed by atoms with van der Waals surface area (Å²) < 4.78 is 0. The second-order valence-corrected chi connectivity index (χ2v) is 4.23. The molecule has 0 aromatic heterocycles. The van der Waals surface area contributed by atoms with Crippen molar-refractivity contribution in [3.05, 3.63) is 35.4 Å². The number of benzene rings is 1. The zero-order valence-corrected chi connectivity index (χ0v) is 8.71. The lowest BCUT2D eigenvalue weighted by molar-refractivity contribution is 0.539. The molecule has 0 saturated heterocycles. The van der Waals surface area contributed by atoms with Crippen LogP contribution in [0.1, 0.15) is 42.7 Å². The molecule has 1 aliphatic carbocycles. The highest BCUT2D eigenvalue weighted by atomic mass is 14.5. The molecule has 1 atom stereocenters. The molecule has 0 aliphatic heterocycles. The van der Waals surface area contributed by atoms with Crippen LogP contribution in [0.5, 0.6) is 0 Å². The number of hydrogen-bond donors (Lipinski definition) is 1. The van der Waals surface area contributed by atoms with Gasteiger partial charge in [-0.05, 0) is 42.9 Å². The van der Waals surface area contributed by atoms with Crippen molar-refractivity contribution in [2.75, 3.05) is 6.54 Å². The fourth-order valence-electron chi connectivity index (χ4n) is 2.44. The van der Waals surface area contributed by atoms with Crippen molar-refractivity contribution in [3.63, 3.8) is 0 Å². The Labute approximate surface area is 86.3 Å². The maximum Gasteiger partial charge on any atom is -0.000813 e. The lowest BCUT2D eigenvalue weighted by Gasteiger charge is -2.21. The van der Waals surface area contributed by atoms with Gasteiger partial charge < -0.3 is 5.73 Å². The van der Waals surface area contributed by atoms with E-state index in [2.05, 4.69) is 24.3 Å². The molecule has 2 N–H and O–H groups in total. The first-order chi connectivity index (χ1) is 6.92. The van der Waals surface area contributed by atoms with Crippen LogP contribution in [0.15, 0.2) is 24.3 Å². The average molecular weight is 189 g/mol. The maximum atomic E-state index is 5.84. The Morgan fingerprint density at radius 2 is 2.00 bits per heavy atom. The monoisotopic (exact) mass is 189 g/mol. The molecule has 0 amide bonds. The highest BCUT2D eigenvalue weighted by molar-refractivity contribution is 5.31. The van der Waals surface area contributed by atoms with Gasteiger partial charge >= 0.3 is 0 Å². The summed E-state index contributed by atoms with van der Waals surface area (Å²) >= 11 is 0. The van der Waals surface area contributed by atoms with E-state index in [4.69, 9.17) is 5.73 Å². The summed E-state index contributed by atoms with van der Waals surface area (Å²) in [5.41, 5.74) is 8.88. The molecule has 14 heavy (non-hydrogen) atoms. The molecule has 1 unspecified atom stereocenters. The van der Waals surface area contributed by atoms with Crippen LogP contribution in [-0.2, 0) is 6.42 Å². The van der Waals surface area contributed by atoms with Crippen LogP contribution in [0, 0.1) is 0 Å². The third kappa shape index (κ3) is 1.98. The summed E-state index contributed by atoms with van der Waals surface area (Å²) in [6.45, 7) is 0.803. The molecule has 1 nitrogen and oxygen atoms in total. The molecule has 76 valence electrons. The van der Waals surface area contributed by atoms with Gasteiger partial charge in [-0.2, -0.15) is 0 Å². The zero-order chi connectivity index (χ0) is 9.80. The van der Waals surface area contributed by atoms with Gasteiger partial charge in [0, 0.05) is 0 Å². The summed E-state index contributed by atoms with van der Waals surface area (Å²) in [7, 11) is 0. The van der Waals surface area contributed by atoms with Crippen LogP contribution in [0.2, 0.25) is 0 Å². The van der Waals surface area contributed by atoms with Crippen LogP contribution < -0.4 is 5.73 Å². The molecule has 2 rings (SSSR count). The lowest BCUT2D eigenvalue weighted by atomic mass is 9.85. The van der Waals surface area contributed by atoms with Crippen molar-refractivity contribution in [2.45, 2.75) is 38.0 Å². The van der Waals surface area contributed by atoms with Crippen LogP contribution in [0.25, 0.3) is 0 Å². The third-order valence-corrected chi connectivity index (χ3v) is 3.28. The first-order valence-electron chi connectivity index (χ1n) is 5.69. The van der Waals surface area contributed by atoms with E-state index in [1.54, 1.807) is 0 Å². The highest BCUT2D eigenvalue weighted by Crippen LogP contribution is 2.28. The van der Waals surface area contributed by atoms with Crippen LogP contribution >= 0.6 is 0 Å². The van der Waals surface area contributed by atoms with Crippen molar-refractivity contribution >= 4 is 0 Å². The van der Waals surface area contributed by atoms with Crippen molar-refractivity contribution in [1.29, 1.82) is 0 Å². The number of fused-ring (bicyclic) bond motifs is 1. The number of aryl methyl sites for hydroxylation is 1. The molecular weight excluding hydrogens is 170 g/mol. The van der Waals surface area contributed by atoms with Gasteiger partial charge in [-0.3, -0.25) is 0 Å².